The third-order valence-electron chi connectivity index (χ3n) is 7.41. The number of nitrogens with zero attached hydrogens (tertiary/aromatic N) is 1. The molecule has 0 spiro atoms. The molecule has 2 aromatic carbocycles. The van der Waals surface area contributed by atoms with Gasteiger partial charge in [-0.15, -0.1) is 0 Å². The Morgan fingerprint density at radius 3 is 2.25 bits per heavy atom. The molecule has 0 radical (unpaired) electrons. The van der Waals surface area contributed by atoms with Crippen molar-refractivity contribution in [2.45, 2.75) is 77.6 Å². The minimum atomic E-state index is -1.79. The van der Waals surface area contributed by atoms with E-state index in [1.807, 2.05) is 11.8 Å². The number of unbranched alkanes of at least 4 members (excludes halogenated alkanes) is 1. The lowest BCUT2D eigenvalue weighted by Crippen LogP contribution is -2.43. The minimum absolute atomic E-state index is 0.112. The molecule has 0 saturated carbocycles. The number of ether oxygens (including phenoxy) is 1. The van der Waals surface area contributed by atoms with Crippen molar-refractivity contribution in [1.82, 2.24) is 10.2 Å². The summed E-state index contributed by atoms with van der Waals surface area (Å²) in [5.74, 6) is -1.08. The van der Waals surface area contributed by atoms with Crippen LogP contribution in [0.25, 0.3) is 0 Å². The van der Waals surface area contributed by atoms with Crippen LogP contribution in [0.1, 0.15) is 73.2 Å². The van der Waals surface area contributed by atoms with Gasteiger partial charge in [-0.05, 0) is 73.3 Å². The SMILES string of the molecule is CCCN(CCCCO[Si](C)(C)C(C)(C)C)C(=O)c1cccc(C(=O)N[C@@H](Cc2ccc(O)cc2)C(=O)OC)c1. The number of benzene rings is 2. The first-order valence-corrected chi connectivity index (χ1v) is 16.9. The Balaban J connectivity index is 2.05. The number of phenolic OH excluding ortho intramolecular Hbond substituents is 1. The van der Waals surface area contributed by atoms with Crippen molar-refractivity contribution in [2.24, 2.45) is 0 Å². The average molecular weight is 571 g/mol. The Bertz CT molecular complexity index is 1130. The Morgan fingerprint density at radius 1 is 1.00 bits per heavy atom. The van der Waals surface area contributed by atoms with E-state index < -0.39 is 26.2 Å². The molecule has 0 unspecified atom stereocenters. The first kappa shape index (κ1) is 33.0. The third kappa shape index (κ3) is 9.78. The van der Waals surface area contributed by atoms with Gasteiger partial charge < -0.3 is 24.5 Å². The van der Waals surface area contributed by atoms with Gasteiger partial charge in [-0.2, -0.15) is 0 Å². The first-order valence-electron chi connectivity index (χ1n) is 14.0. The quantitative estimate of drug-likeness (QED) is 0.175. The van der Waals surface area contributed by atoms with Gasteiger partial charge in [-0.25, -0.2) is 4.79 Å². The van der Waals surface area contributed by atoms with E-state index in [9.17, 15) is 19.5 Å². The smallest absolute Gasteiger partial charge is 0.328 e. The zero-order valence-corrected chi connectivity index (χ0v) is 26.1. The van der Waals surface area contributed by atoms with Crippen molar-refractivity contribution in [2.75, 3.05) is 26.8 Å². The van der Waals surface area contributed by atoms with Gasteiger partial charge in [-0.1, -0.05) is 45.9 Å². The molecule has 9 heteroatoms. The van der Waals surface area contributed by atoms with Crippen LogP contribution in [-0.4, -0.2) is 69.0 Å². The van der Waals surface area contributed by atoms with E-state index in [2.05, 4.69) is 39.2 Å². The topological polar surface area (TPSA) is 105 Å². The fourth-order valence-corrected chi connectivity index (χ4v) is 5.04. The molecule has 2 N–H and O–H groups in total. The second kappa shape index (κ2) is 15.0. The van der Waals surface area contributed by atoms with Crippen molar-refractivity contribution in [1.29, 1.82) is 0 Å². The second-order valence-electron chi connectivity index (χ2n) is 11.6. The average Bonchev–Trinajstić information content (AvgIpc) is 2.91. The predicted molar refractivity (Wildman–Crippen MR) is 160 cm³/mol. The van der Waals surface area contributed by atoms with Crippen LogP contribution in [0.15, 0.2) is 48.5 Å². The second-order valence-corrected chi connectivity index (χ2v) is 16.4. The van der Waals surface area contributed by atoms with Crippen LogP contribution in [0.4, 0.5) is 0 Å². The Morgan fingerprint density at radius 2 is 1.65 bits per heavy atom. The normalized spacial score (nSPS) is 12.5. The van der Waals surface area contributed by atoms with Gasteiger partial charge in [0.1, 0.15) is 11.8 Å². The van der Waals surface area contributed by atoms with Crippen molar-refractivity contribution < 1.29 is 28.7 Å². The van der Waals surface area contributed by atoms with Crippen LogP contribution in [0, 0.1) is 0 Å². The summed E-state index contributed by atoms with van der Waals surface area (Å²) in [6.45, 7) is 15.1. The molecular formula is C31H46N2O6Si. The molecule has 2 aromatic rings. The molecule has 0 aliphatic carbocycles. The van der Waals surface area contributed by atoms with E-state index in [-0.39, 0.29) is 28.7 Å². The summed E-state index contributed by atoms with van der Waals surface area (Å²) >= 11 is 0. The fraction of sp³-hybridized carbons (Fsp3) is 0.516. The van der Waals surface area contributed by atoms with Crippen molar-refractivity contribution in [3.8, 4) is 5.75 Å². The fourth-order valence-electron chi connectivity index (χ4n) is 3.95. The Labute approximate surface area is 240 Å². The van der Waals surface area contributed by atoms with E-state index in [0.717, 1.165) is 24.8 Å². The summed E-state index contributed by atoms with van der Waals surface area (Å²) in [5.41, 5.74) is 1.46. The molecule has 2 amide bonds. The lowest BCUT2D eigenvalue weighted by Gasteiger charge is -2.36. The van der Waals surface area contributed by atoms with Crippen LogP contribution in [0.3, 0.4) is 0 Å². The lowest BCUT2D eigenvalue weighted by molar-refractivity contribution is -0.142. The molecule has 0 fully saturated rings. The number of carbonyl (C=O) groups excluding carboxylic acids is 3. The van der Waals surface area contributed by atoms with E-state index >= 15 is 0 Å². The van der Waals surface area contributed by atoms with Crippen molar-refractivity contribution >= 4 is 26.1 Å². The number of nitrogens with one attached hydrogen (secondary N) is 1. The highest BCUT2D eigenvalue weighted by Gasteiger charge is 2.36. The van der Waals surface area contributed by atoms with E-state index in [0.29, 0.717) is 25.3 Å². The summed E-state index contributed by atoms with van der Waals surface area (Å²) in [4.78, 5) is 40.7. The minimum Gasteiger partial charge on any atom is -0.508 e. The van der Waals surface area contributed by atoms with Gasteiger partial charge >= 0.3 is 5.97 Å². The number of carbonyl (C=O) groups is 3. The highest BCUT2D eigenvalue weighted by molar-refractivity contribution is 6.74. The van der Waals surface area contributed by atoms with Crippen LogP contribution in [0.2, 0.25) is 18.1 Å². The molecule has 0 aliphatic heterocycles. The highest BCUT2D eigenvalue weighted by atomic mass is 28.4. The molecule has 8 nitrogen and oxygen atoms in total. The number of amides is 2. The van der Waals surface area contributed by atoms with Crippen LogP contribution >= 0.6 is 0 Å². The molecular weight excluding hydrogens is 524 g/mol. The summed E-state index contributed by atoms with van der Waals surface area (Å²) in [5, 5.41) is 12.4. The van der Waals surface area contributed by atoms with Gasteiger partial charge in [0, 0.05) is 37.2 Å². The van der Waals surface area contributed by atoms with Gasteiger partial charge in [0.2, 0.25) is 0 Å². The first-order chi connectivity index (χ1) is 18.8. The zero-order chi connectivity index (χ0) is 29.9. The summed E-state index contributed by atoms with van der Waals surface area (Å²) < 4.78 is 11.2. The summed E-state index contributed by atoms with van der Waals surface area (Å²) in [7, 11) is -0.529. The molecule has 0 aliphatic rings. The Kier molecular flexibility index (Phi) is 12.4. The van der Waals surface area contributed by atoms with E-state index in [1.165, 1.54) is 19.2 Å². The standard InChI is InChI=1S/C31H46N2O6Si/c1-8-18-33(19-9-10-20-39-40(6,7)31(2,3)4)29(36)25-13-11-12-24(22-25)28(35)32-27(30(37)38-5)21-23-14-16-26(34)17-15-23/h11-17,22,27,34H,8-10,18-21H2,1-7H3,(H,32,35)/t27-/m0/s1. The third-order valence-corrected chi connectivity index (χ3v) is 11.9. The predicted octanol–water partition coefficient (Wildman–Crippen LogP) is 5.56. The number of phenols is 1. The molecule has 0 saturated heterocycles. The van der Waals surface area contributed by atoms with Crippen LogP contribution < -0.4 is 5.32 Å². The largest absolute Gasteiger partial charge is 0.508 e. The lowest BCUT2D eigenvalue weighted by atomic mass is 10.0. The van der Waals surface area contributed by atoms with Gasteiger partial charge in [0.25, 0.3) is 11.8 Å². The summed E-state index contributed by atoms with van der Waals surface area (Å²) in [6, 6.07) is 12.0. The molecule has 0 aromatic heterocycles. The molecule has 2 rings (SSSR count). The molecule has 0 heterocycles. The number of hydrogen-bond donors (Lipinski definition) is 2. The van der Waals surface area contributed by atoms with Crippen LogP contribution in [-0.2, 0) is 20.4 Å². The van der Waals surface area contributed by atoms with Crippen LogP contribution in [0.5, 0.6) is 5.75 Å². The molecule has 220 valence electrons. The molecule has 1 atom stereocenters. The number of rotatable bonds is 14. The highest BCUT2D eigenvalue weighted by Crippen LogP contribution is 2.36. The summed E-state index contributed by atoms with van der Waals surface area (Å²) in [6.07, 6.45) is 2.72. The van der Waals surface area contributed by atoms with Gasteiger partial charge in [-0.3, -0.25) is 9.59 Å². The maximum absolute atomic E-state index is 13.4. The monoisotopic (exact) mass is 570 g/mol. The maximum Gasteiger partial charge on any atom is 0.328 e. The Hall–Kier alpha value is -3.17. The number of aromatic hydroxyl groups is 1. The number of esters is 1. The molecule has 40 heavy (non-hydrogen) atoms. The molecule has 0 bridgehead atoms. The van der Waals surface area contributed by atoms with Crippen molar-refractivity contribution in [3.05, 3.63) is 65.2 Å². The maximum atomic E-state index is 13.4. The van der Waals surface area contributed by atoms with Gasteiger partial charge in [0.15, 0.2) is 8.32 Å². The van der Waals surface area contributed by atoms with E-state index in [1.54, 1.807) is 36.4 Å². The van der Waals surface area contributed by atoms with Crippen molar-refractivity contribution in [3.63, 3.8) is 0 Å². The zero-order valence-electron chi connectivity index (χ0n) is 25.1. The number of hydrogen-bond acceptors (Lipinski definition) is 6. The van der Waals surface area contributed by atoms with Gasteiger partial charge in [0.05, 0.1) is 7.11 Å². The number of methoxy groups -OCH3 is 1. The van der Waals surface area contributed by atoms with E-state index in [4.69, 9.17) is 9.16 Å².